The van der Waals surface area contributed by atoms with Crippen LogP contribution in [-0.4, -0.2) is 35.7 Å². The molecule has 0 fully saturated rings. The van der Waals surface area contributed by atoms with Crippen LogP contribution < -0.4 is 10.6 Å². The molecule has 0 aliphatic carbocycles. The molecule has 0 aliphatic heterocycles. The highest BCUT2D eigenvalue weighted by molar-refractivity contribution is 5.82. The third kappa shape index (κ3) is 6.08. The van der Waals surface area contributed by atoms with Gasteiger partial charge in [0.15, 0.2) is 0 Å². The van der Waals surface area contributed by atoms with Crippen LogP contribution in [0.5, 0.6) is 0 Å². The van der Waals surface area contributed by atoms with Crippen LogP contribution in [0, 0.1) is 5.41 Å². The molecule has 4 heteroatoms. The van der Waals surface area contributed by atoms with Gasteiger partial charge in [0.25, 0.3) is 0 Å². The van der Waals surface area contributed by atoms with Crippen molar-refractivity contribution in [2.24, 2.45) is 5.41 Å². The molecule has 0 aromatic carbocycles. The van der Waals surface area contributed by atoms with Gasteiger partial charge in [-0.05, 0) is 25.8 Å². The molecule has 0 aromatic rings. The average molecular weight is 230 g/mol. The van der Waals surface area contributed by atoms with E-state index >= 15 is 0 Å². The van der Waals surface area contributed by atoms with Gasteiger partial charge in [-0.15, -0.1) is 0 Å². The van der Waals surface area contributed by atoms with Gasteiger partial charge in [0.05, 0.1) is 11.6 Å². The van der Waals surface area contributed by atoms with Gasteiger partial charge in [-0.25, -0.2) is 0 Å². The third-order valence-corrected chi connectivity index (χ3v) is 2.23. The summed E-state index contributed by atoms with van der Waals surface area (Å²) >= 11 is 0. The largest absolute Gasteiger partial charge is 0.389 e. The first-order valence-electron chi connectivity index (χ1n) is 5.81. The van der Waals surface area contributed by atoms with Crippen molar-refractivity contribution in [2.45, 2.75) is 53.2 Å². The van der Waals surface area contributed by atoms with Crippen molar-refractivity contribution >= 4 is 5.91 Å². The Hall–Kier alpha value is -0.610. The van der Waals surface area contributed by atoms with E-state index in [9.17, 15) is 9.90 Å². The molecule has 0 bridgehead atoms. The zero-order valence-corrected chi connectivity index (χ0v) is 11.3. The van der Waals surface area contributed by atoms with Gasteiger partial charge in [-0.1, -0.05) is 27.7 Å². The monoisotopic (exact) mass is 230 g/mol. The smallest absolute Gasteiger partial charge is 0.237 e. The molecule has 1 atom stereocenters. The highest BCUT2D eigenvalue weighted by Crippen LogP contribution is 2.19. The molecule has 0 aliphatic rings. The van der Waals surface area contributed by atoms with Crippen molar-refractivity contribution in [3.63, 3.8) is 0 Å². The van der Waals surface area contributed by atoms with Crippen LogP contribution >= 0.6 is 0 Å². The second-order valence-corrected chi connectivity index (χ2v) is 5.89. The second-order valence-electron chi connectivity index (χ2n) is 5.89. The van der Waals surface area contributed by atoms with Crippen LogP contribution in [0.4, 0.5) is 0 Å². The summed E-state index contributed by atoms with van der Waals surface area (Å²) in [5.74, 6) is -0.0588. The summed E-state index contributed by atoms with van der Waals surface area (Å²) in [6.07, 6.45) is 0. The Morgan fingerprint density at radius 1 is 1.25 bits per heavy atom. The average Bonchev–Trinajstić information content (AvgIpc) is 2.07. The number of carbonyl (C=O) groups excluding carboxylic acids is 1. The molecule has 0 saturated carbocycles. The maximum Gasteiger partial charge on any atom is 0.237 e. The summed E-state index contributed by atoms with van der Waals surface area (Å²) in [6, 6.07) is -0.236. The zero-order chi connectivity index (χ0) is 13.0. The van der Waals surface area contributed by atoms with Crippen molar-refractivity contribution < 1.29 is 9.90 Å². The van der Waals surface area contributed by atoms with Crippen LogP contribution in [0.3, 0.4) is 0 Å². The fraction of sp³-hybridized carbons (Fsp3) is 0.917. The molecular formula is C12H26N2O2. The SMILES string of the molecule is CCN[C@H](C(=O)NCC(C)(C)O)C(C)(C)C. The number of rotatable bonds is 5. The number of likely N-dealkylation sites (N-methyl/N-ethyl adjacent to an activating group) is 1. The normalized spacial score (nSPS) is 14.7. The summed E-state index contributed by atoms with van der Waals surface area (Å²) in [7, 11) is 0. The summed E-state index contributed by atoms with van der Waals surface area (Å²) in [5, 5.41) is 15.5. The van der Waals surface area contributed by atoms with Gasteiger partial charge in [0.1, 0.15) is 0 Å². The molecule has 0 spiro atoms. The van der Waals surface area contributed by atoms with E-state index in [0.717, 1.165) is 6.54 Å². The standard InChI is InChI=1S/C12H26N2O2/c1-7-13-9(11(2,3)4)10(15)14-8-12(5,6)16/h9,13,16H,7-8H2,1-6H3,(H,14,15)/t9-/m1/s1. The lowest BCUT2D eigenvalue weighted by Gasteiger charge is -2.31. The van der Waals surface area contributed by atoms with Crippen LogP contribution in [0.15, 0.2) is 0 Å². The fourth-order valence-corrected chi connectivity index (χ4v) is 1.40. The van der Waals surface area contributed by atoms with Gasteiger partial charge < -0.3 is 15.7 Å². The highest BCUT2D eigenvalue weighted by Gasteiger charge is 2.30. The summed E-state index contributed by atoms with van der Waals surface area (Å²) in [5.41, 5.74) is -1.01. The number of nitrogens with one attached hydrogen (secondary N) is 2. The Morgan fingerprint density at radius 2 is 1.75 bits per heavy atom. The summed E-state index contributed by atoms with van der Waals surface area (Å²) in [4.78, 5) is 11.9. The molecule has 0 unspecified atom stereocenters. The van der Waals surface area contributed by atoms with E-state index in [1.807, 2.05) is 27.7 Å². The van der Waals surface area contributed by atoms with Crippen LogP contribution in [0.25, 0.3) is 0 Å². The summed E-state index contributed by atoms with van der Waals surface area (Å²) < 4.78 is 0. The van der Waals surface area contributed by atoms with Crippen LogP contribution in [0.2, 0.25) is 0 Å². The van der Waals surface area contributed by atoms with Crippen molar-refractivity contribution in [1.82, 2.24) is 10.6 Å². The van der Waals surface area contributed by atoms with Gasteiger partial charge in [-0.3, -0.25) is 4.79 Å². The molecule has 0 rings (SSSR count). The first-order valence-corrected chi connectivity index (χ1v) is 5.81. The number of amides is 1. The van der Waals surface area contributed by atoms with Gasteiger partial charge in [0.2, 0.25) is 5.91 Å². The van der Waals surface area contributed by atoms with E-state index in [2.05, 4.69) is 10.6 Å². The molecule has 4 nitrogen and oxygen atoms in total. The van der Waals surface area contributed by atoms with E-state index in [0.29, 0.717) is 0 Å². The Balaban J connectivity index is 4.41. The Morgan fingerprint density at radius 3 is 2.06 bits per heavy atom. The lowest BCUT2D eigenvalue weighted by Crippen LogP contribution is -2.53. The molecule has 0 radical (unpaired) electrons. The second kappa shape index (κ2) is 5.64. The molecule has 0 heterocycles. The number of carbonyl (C=O) groups is 1. The van der Waals surface area contributed by atoms with Crippen LogP contribution in [0.1, 0.15) is 41.5 Å². The van der Waals surface area contributed by atoms with E-state index in [4.69, 9.17) is 0 Å². The lowest BCUT2D eigenvalue weighted by molar-refractivity contribution is -0.126. The Bertz CT molecular complexity index is 226. The molecular weight excluding hydrogens is 204 g/mol. The molecule has 3 N–H and O–H groups in total. The maximum absolute atomic E-state index is 11.9. The van der Waals surface area contributed by atoms with Crippen molar-refractivity contribution in [3.05, 3.63) is 0 Å². The van der Waals surface area contributed by atoms with E-state index in [1.54, 1.807) is 13.8 Å². The first kappa shape index (κ1) is 15.4. The highest BCUT2D eigenvalue weighted by atomic mass is 16.3. The fourth-order valence-electron chi connectivity index (χ4n) is 1.40. The van der Waals surface area contributed by atoms with E-state index < -0.39 is 5.60 Å². The molecule has 16 heavy (non-hydrogen) atoms. The maximum atomic E-state index is 11.9. The molecule has 96 valence electrons. The molecule has 1 amide bonds. The van der Waals surface area contributed by atoms with E-state index in [-0.39, 0.29) is 23.9 Å². The van der Waals surface area contributed by atoms with Gasteiger partial charge in [0, 0.05) is 6.54 Å². The minimum Gasteiger partial charge on any atom is -0.389 e. The topological polar surface area (TPSA) is 61.4 Å². The van der Waals surface area contributed by atoms with Crippen molar-refractivity contribution in [1.29, 1.82) is 0 Å². The minimum atomic E-state index is -0.871. The predicted octanol–water partition coefficient (Wildman–Crippen LogP) is 0.898. The Labute approximate surface area is 98.8 Å². The van der Waals surface area contributed by atoms with Crippen molar-refractivity contribution in [3.8, 4) is 0 Å². The summed E-state index contributed by atoms with van der Waals surface area (Å²) in [6.45, 7) is 12.4. The van der Waals surface area contributed by atoms with Gasteiger partial charge in [-0.2, -0.15) is 0 Å². The van der Waals surface area contributed by atoms with Crippen LogP contribution in [-0.2, 0) is 4.79 Å². The molecule has 0 aromatic heterocycles. The quantitative estimate of drug-likeness (QED) is 0.657. The number of hydrogen-bond acceptors (Lipinski definition) is 3. The number of aliphatic hydroxyl groups is 1. The third-order valence-electron chi connectivity index (χ3n) is 2.23. The minimum absolute atomic E-state index is 0.0588. The first-order chi connectivity index (χ1) is 7.08. The zero-order valence-electron chi connectivity index (χ0n) is 11.3. The van der Waals surface area contributed by atoms with Crippen molar-refractivity contribution in [2.75, 3.05) is 13.1 Å². The van der Waals surface area contributed by atoms with E-state index in [1.165, 1.54) is 0 Å². The molecule has 0 saturated heterocycles. The number of hydrogen-bond donors (Lipinski definition) is 3. The predicted molar refractivity (Wildman–Crippen MR) is 66.2 cm³/mol. The van der Waals surface area contributed by atoms with Gasteiger partial charge >= 0.3 is 0 Å². The Kier molecular flexibility index (Phi) is 5.42. The lowest BCUT2D eigenvalue weighted by atomic mass is 9.86.